The maximum absolute atomic E-state index is 5.38. The summed E-state index contributed by atoms with van der Waals surface area (Å²) in [5.74, 6) is 1.62. The number of nitrogens with one attached hydrogen (secondary N) is 1. The average Bonchev–Trinajstić information content (AvgIpc) is 2.84. The van der Waals surface area contributed by atoms with Crippen molar-refractivity contribution in [1.82, 2.24) is 10.3 Å². The Labute approximate surface area is 91.9 Å². The van der Waals surface area contributed by atoms with Gasteiger partial charge >= 0.3 is 0 Å². The molecule has 0 fully saturated rings. The summed E-state index contributed by atoms with van der Waals surface area (Å²) in [5, 5.41) is 5.02. The third kappa shape index (κ3) is 1.88. The van der Waals surface area contributed by atoms with E-state index in [4.69, 9.17) is 9.15 Å². The summed E-state index contributed by atoms with van der Waals surface area (Å²) in [5.41, 5.74) is 0.901. The molecule has 0 atom stereocenters. The molecule has 1 N–H and O–H groups in total. The molecule has 4 nitrogen and oxygen atoms in total. The zero-order valence-corrected chi connectivity index (χ0v) is 9.43. The summed E-state index contributed by atoms with van der Waals surface area (Å²) >= 11 is 1.59. The molecule has 0 radical (unpaired) electrons. The Morgan fingerprint density at radius 1 is 1.60 bits per heavy atom. The lowest BCUT2D eigenvalue weighted by Gasteiger charge is -2.01. The molecule has 2 aromatic heterocycles. The van der Waals surface area contributed by atoms with Gasteiger partial charge in [-0.05, 0) is 18.5 Å². The normalized spacial score (nSPS) is 10.5. The van der Waals surface area contributed by atoms with Crippen molar-refractivity contribution in [1.29, 1.82) is 0 Å². The van der Waals surface area contributed by atoms with Crippen LogP contribution in [0, 0.1) is 0 Å². The molecule has 0 aliphatic heterocycles. The number of oxazole rings is 1. The van der Waals surface area contributed by atoms with Crippen molar-refractivity contribution >= 4 is 11.3 Å². The van der Waals surface area contributed by atoms with Gasteiger partial charge in [0.1, 0.15) is 16.3 Å². The second-order valence-electron chi connectivity index (χ2n) is 2.98. The van der Waals surface area contributed by atoms with Crippen LogP contribution in [0.3, 0.4) is 0 Å². The third-order valence-electron chi connectivity index (χ3n) is 2.04. The third-order valence-corrected chi connectivity index (χ3v) is 2.94. The number of methoxy groups -OCH3 is 1. The van der Waals surface area contributed by atoms with E-state index in [0.717, 1.165) is 22.1 Å². The maximum Gasteiger partial charge on any atom is 0.181 e. The molecule has 0 unspecified atom stereocenters. The molecule has 15 heavy (non-hydrogen) atoms. The van der Waals surface area contributed by atoms with Crippen LogP contribution in [0.4, 0.5) is 0 Å². The Bertz CT molecular complexity index is 436. The standard InChI is InChI=1S/C10H12N2O2S/c1-11-5-7-9(14-6-12-7)10-8(13-2)3-4-15-10/h3-4,6,11H,5H2,1-2H3. The molecule has 2 heterocycles. The van der Waals surface area contributed by atoms with Crippen LogP contribution in [-0.4, -0.2) is 19.1 Å². The molecule has 0 aromatic carbocycles. The smallest absolute Gasteiger partial charge is 0.181 e. The Balaban J connectivity index is 2.40. The Hall–Kier alpha value is -1.33. The van der Waals surface area contributed by atoms with Gasteiger partial charge in [-0.15, -0.1) is 11.3 Å². The van der Waals surface area contributed by atoms with Crippen LogP contribution < -0.4 is 10.1 Å². The van der Waals surface area contributed by atoms with Gasteiger partial charge < -0.3 is 14.5 Å². The summed E-state index contributed by atoms with van der Waals surface area (Å²) in [6.45, 7) is 0.687. The highest BCUT2D eigenvalue weighted by atomic mass is 32.1. The summed E-state index contributed by atoms with van der Waals surface area (Å²) in [6, 6.07) is 1.92. The maximum atomic E-state index is 5.38. The zero-order chi connectivity index (χ0) is 10.7. The number of thiophene rings is 1. The van der Waals surface area contributed by atoms with Crippen molar-refractivity contribution in [2.24, 2.45) is 0 Å². The van der Waals surface area contributed by atoms with E-state index in [9.17, 15) is 0 Å². The fourth-order valence-corrected chi connectivity index (χ4v) is 2.24. The Morgan fingerprint density at radius 2 is 2.47 bits per heavy atom. The van der Waals surface area contributed by atoms with Gasteiger partial charge in [0.15, 0.2) is 12.2 Å². The first-order chi connectivity index (χ1) is 7.36. The van der Waals surface area contributed by atoms with Crippen LogP contribution in [0.2, 0.25) is 0 Å². The molecule has 5 heteroatoms. The molecule has 0 bridgehead atoms. The fourth-order valence-electron chi connectivity index (χ4n) is 1.37. The van der Waals surface area contributed by atoms with E-state index in [1.807, 2.05) is 18.5 Å². The number of hydrogen-bond acceptors (Lipinski definition) is 5. The topological polar surface area (TPSA) is 47.3 Å². The molecular weight excluding hydrogens is 212 g/mol. The van der Waals surface area contributed by atoms with Crippen LogP contribution in [0.15, 0.2) is 22.3 Å². The highest BCUT2D eigenvalue weighted by Crippen LogP contribution is 2.36. The van der Waals surface area contributed by atoms with Gasteiger partial charge in [-0.1, -0.05) is 0 Å². The van der Waals surface area contributed by atoms with Gasteiger partial charge in [-0.3, -0.25) is 0 Å². The van der Waals surface area contributed by atoms with Crippen molar-refractivity contribution < 1.29 is 9.15 Å². The zero-order valence-electron chi connectivity index (χ0n) is 8.61. The number of rotatable bonds is 4. The first-order valence-corrected chi connectivity index (χ1v) is 5.43. The highest BCUT2D eigenvalue weighted by molar-refractivity contribution is 7.14. The van der Waals surface area contributed by atoms with Crippen molar-refractivity contribution in [3.8, 4) is 16.4 Å². The summed E-state index contributed by atoms with van der Waals surface area (Å²) in [7, 11) is 3.53. The molecular formula is C10H12N2O2S. The van der Waals surface area contributed by atoms with E-state index < -0.39 is 0 Å². The van der Waals surface area contributed by atoms with Crippen LogP contribution in [0.5, 0.6) is 5.75 Å². The van der Waals surface area contributed by atoms with Crippen LogP contribution >= 0.6 is 11.3 Å². The van der Waals surface area contributed by atoms with E-state index in [0.29, 0.717) is 6.54 Å². The predicted octanol–water partition coefficient (Wildman–Crippen LogP) is 2.13. The highest BCUT2D eigenvalue weighted by Gasteiger charge is 2.15. The van der Waals surface area contributed by atoms with Gasteiger partial charge in [0, 0.05) is 6.54 Å². The molecule has 0 saturated carbocycles. The monoisotopic (exact) mass is 224 g/mol. The second kappa shape index (κ2) is 4.46. The first kappa shape index (κ1) is 10.2. The van der Waals surface area contributed by atoms with E-state index in [1.165, 1.54) is 6.39 Å². The molecule has 2 rings (SSSR count). The summed E-state index contributed by atoms with van der Waals surface area (Å²) in [4.78, 5) is 5.15. The molecule has 0 spiro atoms. The molecule has 2 aromatic rings. The molecule has 0 saturated heterocycles. The summed E-state index contributed by atoms with van der Waals surface area (Å²) in [6.07, 6.45) is 1.46. The Morgan fingerprint density at radius 3 is 3.20 bits per heavy atom. The first-order valence-electron chi connectivity index (χ1n) is 4.55. The number of nitrogens with zero attached hydrogens (tertiary/aromatic N) is 1. The predicted molar refractivity (Wildman–Crippen MR) is 59.1 cm³/mol. The minimum Gasteiger partial charge on any atom is -0.495 e. The lowest BCUT2D eigenvalue weighted by molar-refractivity contribution is 0.416. The van der Waals surface area contributed by atoms with Gasteiger partial charge in [0.05, 0.1) is 7.11 Å². The molecule has 0 aliphatic rings. The van der Waals surface area contributed by atoms with Crippen molar-refractivity contribution in [2.75, 3.05) is 14.2 Å². The SMILES string of the molecule is CNCc1ncoc1-c1sccc1OC. The average molecular weight is 224 g/mol. The van der Waals surface area contributed by atoms with Crippen molar-refractivity contribution in [2.45, 2.75) is 6.54 Å². The lowest BCUT2D eigenvalue weighted by atomic mass is 10.3. The fraction of sp³-hybridized carbons (Fsp3) is 0.300. The lowest BCUT2D eigenvalue weighted by Crippen LogP contribution is -2.06. The van der Waals surface area contributed by atoms with Gasteiger partial charge in [0.25, 0.3) is 0 Å². The van der Waals surface area contributed by atoms with Gasteiger partial charge in [0.2, 0.25) is 0 Å². The van der Waals surface area contributed by atoms with E-state index in [2.05, 4.69) is 10.3 Å². The summed E-state index contributed by atoms with van der Waals surface area (Å²) < 4.78 is 10.6. The van der Waals surface area contributed by atoms with E-state index in [-0.39, 0.29) is 0 Å². The number of hydrogen-bond donors (Lipinski definition) is 1. The van der Waals surface area contributed by atoms with Gasteiger partial charge in [-0.25, -0.2) is 4.98 Å². The minimum atomic E-state index is 0.687. The van der Waals surface area contributed by atoms with E-state index >= 15 is 0 Å². The van der Waals surface area contributed by atoms with Crippen LogP contribution in [-0.2, 0) is 6.54 Å². The number of aromatic nitrogens is 1. The number of ether oxygens (including phenoxy) is 1. The second-order valence-corrected chi connectivity index (χ2v) is 3.89. The quantitative estimate of drug-likeness (QED) is 0.864. The molecule has 0 aliphatic carbocycles. The minimum absolute atomic E-state index is 0.687. The van der Waals surface area contributed by atoms with E-state index in [1.54, 1.807) is 18.4 Å². The Kier molecular flexibility index (Phi) is 3.03. The van der Waals surface area contributed by atoms with Crippen LogP contribution in [0.25, 0.3) is 10.6 Å². The van der Waals surface area contributed by atoms with Crippen LogP contribution in [0.1, 0.15) is 5.69 Å². The van der Waals surface area contributed by atoms with Crippen molar-refractivity contribution in [3.05, 3.63) is 23.5 Å². The van der Waals surface area contributed by atoms with Crippen molar-refractivity contribution in [3.63, 3.8) is 0 Å². The molecule has 0 amide bonds. The molecule has 80 valence electrons. The largest absolute Gasteiger partial charge is 0.495 e. The van der Waals surface area contributed by atoms with Gasteiger partial charge in [-0.2, -0.15) is 0 Å².